The molecule has 0 aliphatic carbocycles. The Morgan fingerprint density at radius 2 is 1.70 bits per heavy atom. The first-order valence-electron chi connectivity index (χ1n) is 8.77. The van der Waals surface area contributed by atoms with Crippen LogP contribution >= 0.6 is 24.0 Å². The monoisotopic (exact) mass is 396 g/mol. The number of imide groups is 1. The van der Waals surface area contributed by atoms with Crippen LogP contribution in [0.3, 0.4) is 0 Å². The number of rotatable bonds is 5. The molecule has 2 amide bonds. The smallest absolute Gasteiger partial charge is 0.273 e. The lowest BCUT2D eigenvalue weighted by Gasteiger charge is -2.20. The van der Waals surface area contributed by atoms with Crippen molar-refractivity contribution >= 4 is 51.9 Å². The number of carbonyl (C=O) groups excluding carboxylic acids is 2. The van der Waals surface area contributed by atoms with E-state index in [-0.39, 0.29) is 10.2 Å². The van der Waals surface area contributed by atoms with Crippen LogP contribution in [0.15, 0.2) is 59.5 Å². The summed E-state index contributed by atoms with van der Waals surface area (Å²) in [5.74, 6) is -0.759. The second-order valence-electron chi connectivity index (χ2n) is 5.95. The number of anilines is 1. The molecule has 0 aromatic heterocycles. The molecule has 1 fully saturated rings. The van der Waals surface area contributed by atoms with Crippen LogP contribution in [0.5, 0.6) is 0 Å². The quantitative estimate of drug-likeness (QED) is 0.420. The Labute approximate surface area is 168 Å². The van der Waals surface area contributed by atoms with Gasteiger partial charge in [0.15, 0.2) is 4.32 Å². The van der Waals surface area contributed by atoms with Gasteiger partial charge in [-0.2, -0.15) is 0 Å². The Balaban J connectivity index is 1.81. The highest BCUT2D eigenvalue weighted by molar-refractivity contribution is 8.26. The summed E-state index contributed by atoms with van der Waals surface area (Å²) >= 11 is 6.43. The van der Waals surface area contributed by atoms with Gasteiger partial charge < -0.3 is 4.90 Å². The topological polar surface area (TPSA) is 40.6 Å². The molecule has 138 valence electrons. The molecule has 1 aliphatic heterocycles. The molecule has 0 unspecified atom stereocenters. The number of benzene rings is 2. The highest BCUT2D eigenvalue weighted by Crippen LogP contribution is 2.33. The number of hydrogen-bond acceptors (Lipinski definition) is 5. The molecule has 3 rings (SSSR count). The molecule has 0 radical (unpaired) electrons. The van der Waals surface area contributed by atoms with E-state index in [0.29, 0.717) is 10.5 Å². The second kappa shape index (κ2) is 8.50. The lowest BCUT2D eigenvalue weighted by Crippen LogP contribution is -2.34. The van der Waals surface area contributed by atoms with Gasteiger partial charge >= 0.3 is 0 Å². The van der Waals surface area contributed by atoms with Crippen LogP contribution in [-0.2, 0) is 4.79 Å². The molecule has 1 saturated heterocycles. The molecule has 2 aromatic carbocycles. The summed E-state index contributed by atoms with van der Waals surface area (Å²) in [6.07, 6.45) is 1.78. The second-order valence-corrected chi connectivity index (χ2v) is 7.63. The van der Waals surface area contributed by atoms with E-state index in [1.54, 1.807) is 30.3 Å². The molecule has 0 saturated carbocycles. The van der Waals surface area contributed by atoms with E-state index in [4.69, 9.17) is 12.2 Å². The largest absolute Gasteiger partial charge is 0.372 e. The first-order chi connectivity index (χ1) is 13.0. The Morgan fingerprint density at radius 1 is 1.07 bits per heavy atom. The van der Waals surface area contributed by atoms with Crippen molar-refractivity contribution in [2.24, 2.45) is 0 Å². The Bertz CT molecular complexity index is 888. The molecule has 2 aromatic rings. The minimum absolute atomic E-state index is 0.264. The van der Waals surface area contributed by atoms with Crippen LogP contribution in [0.2, 0.25) is 0 Å². The van der Waals surface area contributed by atoms with Crippen molar-refractivity contribution in [2.45, 2.75) is 13.8 Å². The first-order valence-corrected chi connectivity index (χ1v) is 10.00. The highest BCUT2D eigenvalue weighted by atomic mass is 32.2. The zero-order valence-electron chi connectivity index (χ0n) is 15.2. The number of hydrogen-bond donors (Lipinski definition) is 0. The van der Waals surface area contributed by atoms with Gasteiger partial charge in [0.05, 0.1) is 4.91 Å². The molecule has 0 bridgehead atoms. The van der Waals surface area contributed by atoms with Crippen LogP contribution in [0, 0.1) is 0 Å². The van der Waals surface area contributed by atoms with Crippen molar-refractivity contribution < 1.29 is 9.59 Å². The summed E-state index contributed by atoms with van der Waals surface area (Å²) in [5, 5.41) is 0. The summed E-state index contributed by atoms with van der Waals surface area (Å²) in [4.78, 5) is 29.1. The number of thioether (sulfide) groups is 1. The fourth-order valence-electron chi connectivity index (χ4n) is 2.87. The van der Waals surface area contributed by atoms with Gasteiger partial charge in [-0.25, -0.2) is 4.90 Å². The molecule has 1 heterocycles. The third kappa shape index (κ3) is 4.12. The Hall–Kier alpha value is -2.44. The van der Waals surface area contributed by atoms with Crippen molar-refractivity contribution in [3.63, 3.8) is 0 Å². The molecular weight excluding hydrogens is 376 g/mol. The van der Waals surface area contributed by atoms with Gasteiger partial charge in [-0.3, -0.25) is 9.59 Å². The third-order valence-electron chi connectivity index (χ3n) is 4.34. The van der Waals surface area contributed by atoms with E-state index >= 15 is 0 Å². The lowest BCUT2D eigenvalue weighted by atomic mass is 10.1. The first kappa shape index (κ1) is 19.3. The van der Waals surface area contributed by atoms with E-state index < -0.39 is 5.91 Å². The maximum Gasteiger partial charge on any atom is 0.273 e. The maximum atomic E-state index is 12.7. The molecule has 1 aliphatic rings. The lowest BCUT2D eigenvalue weighted by molar-refractivity contribution is -0.120. The number of amides is 2. The molecule has 27 heavy (non-hydrogen) atoms. The van der Waals surface area contributed by atoms with Crippen LogP contribution in [-0.4, -0.2) is 34.1 Å². The van der Waals surface area contributed by atoms with Crippen molar-refractivity contribution in [2.75, 3.05) is 18.0 Å². The molecule has 0 atom stereocenters. The van der Waals surface area contributed by atoms with Gasteiger partial charge in [0.25, 0.3) is 11.8 Å². The minimum Gasteiger partial charge on any atom is -0.372 e. The van der Waals surface area contributed by atoms with Gasteiger partial charge in [-0.1, -0.05) is 54.3 Å². The fraction of sp³-hybridized carbons (Fsp3) is 0.190. The zero-order chi connectivity index (χ0) is 19.4. The van der Waals surface area contributed by atoms with Crippen molar-refractivity contribution in [1.29, 1.82) is 0 Å². The molecule has 6 heteroatoms. The molecule has 0 N–H and O–H groups in total. The standard InChI is InChI=1S/C21H20N2O2S2/c1-3-22(4-2)17-12-10-15(11-13-17)14-18-20(25)23(21(26)27-18)19(24)16-8-6-5-7-9-16/h5-14H,3-4H2,1-2H3/b18-14+. The van der Waals surface area contributed by atoms with Gasteiger partial charge in [0.1, 0.15) is 0 Å². The summed E-state index contributed by atoms with van der Waals surface area (Å²) in [7, 11) is 0. The van der Waals surface area contributed by atoms with Crippen LogP contribution < -0.4 is 4.90 Å². The molecule has 4 nitrogen and oxygen atoms in total. The minimum atomic E-state index is -0.390. The zero-order valence-corrected chi connectivity index (χ0v) is 16.8. The Kier molecular flexibility index (Phi) is 6.08. The molecular formula is C21H20N2O2S2. The SMILES string of the molecule is CCN(CC)c1ccc(/C=C2/SC(=S)N(C(=O)c3ccccc3)C2=O)cc1. The normalized spacial score (nSPS) is 15.5. The number of thiocarbonyl (C=S) groups is 1. The highest BCUT2D eigenvalue weighted by Gasteiger charge is 2.37. The van der Waals surface area contributed by atoms with E-state index in [0.717, 1.165) is 41.0 Å². The van der Waals surface area contributed by atoms with Gasteiger partial charge in [-0.15, -0.1) is 0 Å². The van der Waals surface area contributed by atoms with Crippen LogP contribution in [0.1, 0.15) is 29.8 Å². The van der Waals surface area contributed by atoms with E-state index in [9.17, 15) is 9.59 Å². The number of nitrogens with zero attached hydrogens (tertiary/aromatic N) is 2. The summed E-state index contributed by atoms with van der Waals surface area (Å²) in [6, 6.07) is 16.7. The molecule has 0 spiro atoms. The Morgan fingerprint density at radius 3 is 2.30 bits per heavy atom. The maximum absolute atomic E-state index is 12.7. The van der Waals surface area contributed by atoms with Crippen molar-refractivity contribution in [1.82, 2.24) is 4.90 Å². The van der Waals surface area contributed by atoms with Gasteiger partial charge in [-0.05, 0) is 49.8 Å². The predicted molar refractivity (Wildman–Crippen MR) is 116 cm³/mol. The average Bonchev–Trinajstić information content (AvgIpc) is 2.97. The fourth-order valence-corrected chi connectivity index (χ4v) is 4.13. The third-order valence-corrected chi connectivity index (χ3v) is 5.64. The van der Waals surface area contributed by atoms with Gasteiger partial charge in [0.2, 0.25) is 0 Å². The van der Waals surface area contributed by atoms with E-state index in [1.807, 2.05) is 30.3 Å². The van der Waals surface area contributed by atoms with Crippen LogP contribution in [0.25, 0.3) is 6.08 Å². The number of carbonyl (C=O) groups is 2. The van der Waals surface area contributed by atoms with E-state index in [2.05, 4.69) is 18.7 Å². The van der Waals surface area contributed by atoms with E-state index in [1.165, 1.54) is 0 Å². The summed E-state index contributed by atoms with van der Waals surface area (Å²) < 4.78 is 0.264. The van der Waals surface area contributed by atoms with Gasteiger partial charge in [0, 0.05) is 24.3 Å². The average molecular weight is 397 g/mol. The summed E-state index contributed by atoms with van der Waals surface area (Å²) in [5.41, 5.74) is 2.49. The van der Waals surface area contributed by atoms with Crippen molar-refractivity contribution in [3.8, 4) is 0 Å². The predicted octanol–water partition coefficient (Wildman–Crippen LogP) is 4.57. The van der Waals surface area contributed by atoms with Crippen LogP contribution in [0.4, 0.5) is 5.69 Å². The summed E-state index contributed by atoms with van der Waals surface area (Å²) in [6.45, 7) is 6.12. The van der Waals surface area contributed by atoms with Crippen molar-refractivity contribution in [3.05, 3.63) is 70.6 Å².